The van der Waals surface area contributed by atoms with E-state index in [0.29, 0.717) is 0 Å². The molecule has 0 saturated heterocycles. The van der Waals surface area contributed by atoms with E-state index in [-0.39, 0.29) is 5.75 Å². The molecular formula is C9H7F4N5O2S. The van der Waals surface area contributed by atoms with Crippen LogP contribution in [-0.2, 0) is 4.79 Å². The number of rotatable bonds is 6. The number of anilines is 1. The molecule has 0 aliphatic heterocycles. The summed E-state index contributed by atoms with van der Waals surface area (Å²) in [7, 11) is 0. The molecule has 0 radical (unpaired) electrons. The Bertz CT molecular complexity index is 594. The number of benzene rings is 1. The molecule has 0 amide bonds. The fourth-order valence-electron chi connectivity index (χ4n) is 1.21. The summed E-state index contributed by atoms with van der Waals surface area (Å²) in [5.41, 5.74) is 8.95. The number of thiol groups is 1. The standard InChI is InChI=1S/C9H7F4N5O2S/c10-3-5(12)8(17-18-14)6(13)4(11)7(3)16-15-2(1-21)9(19)20/h2,15-16,21H,1H2,(H,19,20)/t2-/m0/s1. The second-order valence-corrected chi connectivity index (χ2v) is 3.88. The molecule has 1 aromatic rings. The van der Waals surface area contributed by atoms with Crippen molar-refractivity contribution < 1.29 is 27.5 Å². The third-order valence-electron chi connectivity index (χ3n) is 2.24. The van der Waals surface area contributed by atoms with Gasteiger partial charge in [-0.15, -0.1) is 0 Å². The van der Waals surface area contributed by atoms with E-state index < -0.39 is 46.7 Å². The van der Waals surface area contributed by atoms with E-state index in [0.717, 1.165) is 0 Å². The van der Waals surface area contributed by atoms with Crippen LogP contribution in [0.5, 0.6) is 0 Å². The van der Waals surface area contributed by atoms with Crippen LogP contribution in [-0.4, -0.2) is 22.9 Å². The van der Waals surface area contributed by atoms with Crippen LogP contribution in [0.25, 0.3) is 10.4 Å². The van der Waals surface area contributed by atoms with Crippen molar-refractivity contribution in [1.29, 1.82) is 0 Å². The maximum atomic E-state index is 13.5. The zero-order valence-corrected chi connectivity index (χ0v) is 10.8. The van der Waals surface area contributed by atoms with Crippen LogP contribution in [0, 0.1) is 23.3 Å². The second kappa shape index (κ2) is 7.02. The van der Waals surface area contributed by atoms with Gasteiger partial charge in [-0.3, -0.25) is 4.79 Å². The zero-order chi connectivity index (χ0) is 16.2. The van der Waals surface area contributed by atoms with E-state index in [1.54, 1.807) is 5.43 Å². The van der Waals surface area contributed by atoms with Crippen LogP contribution in [0.2, 0.25) is 0 Å². The Balaban J connectivity index is 3.20. The Morgan fingerprint density at radius 2 is 1.81 bits per heavy atom. The molecule has 0 spiro atoms. The summed E-state index contributed by atoms with van der Waals surface area (Å²) in [6.45, 7) is 0. The van der Waals surface area contributed by atoms with Crippen LogP contribution < -0.4 is 10.9 Å². The largest absolute Gasteiger partial charge is 0.480 e. The molecule has 114 valence electrons. The van der Waals surface area contributed by atoms with Crippen LogP contribution in [0.1, 0.15) is 0 Å². The minimum Gasteiger partial charge on any atom is -0.480 e. The molecule has 0 aromatic heterocycles. The van der Waals surface area contributed by atoms with Crippen molar-refractivity contribution in [1.82, 2.24) is 5.43 Å². The average Bonchev–Trinajstić information content (AvgIpc) is 2.45. The van der Waals surface area contributed by atoms with E-state index in [9.17, 15) is 22.4 Å². The number of halogens is 4. The third kappa shape index (κ3) is 3.48. The number of carboxylic acid groups (broad SMARTS) is 1. The number of carbonyl (C=O) groups is 1. The first-order valence-corrected chi connectivity index (χ1v) is 5.74. The normalized spacial score (nSPS) is 11.7. The summed E-state index contributed by atoms with van der Waals surface area (Å²) in [5, 5.41) is 11.2. The van der Waals surface area contributed by atoms with Gasteiger partial charge in [0.1, 0.15) is 17.4 Å². The van der Waals surface area contributed by atoms with Gasteiger partial charge < -0.3 is 10.5 Å². The first kappa shape index (κ1) is 16.9. The summed E-state index contributed by atoms with van der Waals surface area (Å²) >= 11 is 3.66. The molecule has 0 bridgehead atoms. The molecule has 7 nitrogen and oxygen atoms in total. The van der Waals surface area contributed by atoms with Crippen LogP contribution in [0.3, 0.4) is 0 Å². The number of nitrogens with zero attached hydrogens (tertiary/aromatic N) is 3. The fraction of sp³-hybridized carbons (Fsp3) is 0.222. The van der Waals surface area contributed by atoms with Gasteiger partial charge in [0.15, 0.2) is 23.3 Å². The SMILES string of the molecule is [N-]=[N+]=Nc1c(F)c(F)c(NN[C@@H](CS)C(=O)O)c(F)c1F. The molecule has 1 atom stereocenters. The van der Waals surface area contributed by atoms with Gasteiger partial charge >= 0.3 is 5.97 Å². The number of hydrazine groups is 1. The molecule has 0 aliphatic carbocycles. The van der Waals surface area contributed by atoms with E-state index in [1.165, 1.54) is 0 Å². The van der Waals surface area contributed by atoms with Gasteiger partial charge in [-0.1, -0.05) is 5.11 Å². The molecule has 12 heteroatoms. The summed E-state index contributed by atoms with van der Waals surface area (Å²) < 4.78 is 53.9. The van der Waals surface area contributed by atoms with Gasteiger partial charge in [0, 0.05) is 10.7 Å². The monoisotopic (exact) mass is 325 g/mol. The molecule has 0 saturated carbocycles. The van der Waals surface area contributed by atoms with Crippen molar-refractivity contribution in [3.05, 3.63) is 33.7 Å². The highest BCUT2D eigenvalue weighted by Gasteiger charge is 2.26. The molecule has 1 aromatic carbocycles. The fourth-order valence-corrected chi connectivity index (χ4v) is 1.45. The third-order valence-corrected chi connectivity index (χ3v) is 2.60. The molecule has 1 rings (SSSR count). The maximum Gasteiger partial charge on any atom is 0.323 e. The highest BCUT2D eigenvalue weighted by atomic mass is 32.1. The van der Waals surface area contributed by atoms with Gasteiger partial charge in [0.2, 0.25) is 0 Å². The maximum absolute atomic E-state index is 13.5. The summed E-state index contributed by atoms with van der Waals surface area (Å²) in [5.74, 6) is -9.29. The topological polar surface area (TPSA) is 110 Å². The lowest BCUT2D eigenvalue weighted by Gasteiger charge is -2.16. The smallest absolute Gasteiger partial charge is 0.323 e. The first-order valence-electron chi connectivity index (χ1n) is 5.11. The van der Waals surface area contributed by atoms with E-state index >= 15 is 0 Å². The van der Waals surface area contributed by atoms with E-state index in [4.69, 9.17) is 10.6 Å². The Morgan fingerprint density at radius 3 is 2.19 bits per heavy atom. The van der Waals surface area contributed by atoms with Gasteiger partial charge in [-0.25, -0.2) is 23.0 Å². The van der Waals surface area contributed by atoms with Crippen LogP contribution >= 0.6 is 12.6 Å². The van der Waals surface area contributed by atoms with E-state index in [2.05, 4.69) is 17.7 Å². The Hall–Kier alpha value is -2.17. The molecule has 0 fully saturated rings. The van der Waals surface area contributed by atoms with Crippen molar-refractivity contribution in [2.45, 2.75) is 6.04 Å². The van der Waals surface area contributed by atoms with E-state index in [1.807, 2.05) is 10.3 Å². The average molecular weight is 325 g/mol. The number of aliphatic carboxylic acids is 1. The lowest BCUT2D eigenvalue weighted by atomic mass is 10.2. The van der Waals surface area contributed by atoms with Gasteiger partial charge in [0.25, 0.3) is 0 Å². The quantitative estimate of drug-likeness (QED) is 0.122. The Kier molecular flexibility index (Phi) is 5.64. The van der Waals surface area contributed by atoms with Gasteiger partial charge in [-0.2, -0.15) is 12.6 Å². The van der Waals surface area contributed by atoms with Gasteiger partial charge in [-0.05, 0) is 5.53 Å². The molecular weight excluding hydrogens is 318 g/mol. The van der Waals surface area contributed by atoms with Crippen molar-refractivity contribution >= 4 is 30.0 Å². The predicted octanol–water partition coefficient (Wildman–Crippen LogP) is 2.48. The molecule has 3 N–H and O–H groups in total. The summed E-state index contributed by atoms with van der Waals surface area (Å²) in [6.07, 6.45) is 0. The lowest BCUT2D eigenvalue weighted by molar-refractivity contribution is -0.138. The number of azide groups is 1. The summed E-state index contributed by atoms with van der Waals surface area (Å²) in [6, 6.07) is -1.38. The van der Waals surface area contributed by atoms with Crippen LogP contribution in [0.15, 0.2) is 5.11 Å². The minimum atomic E-state index is -1.92. The second-order valence-electron chi connectivity index (χ2n) is 3.51. The predicted molar refractivity (Wildman–Crippen MR) is 67.1 cm³/mol. The highest BCUT2D eigenvalue weighted by molar-refractivity contribution is 7.80. The molecule has 0 heterocycles. The Labute approximate surface area is 120 Å². The van der Waals surface area contributed by atoms with Crippen LogP contribution in [0.4, 0.5) is 28.9 Å². The number of hydrogen-bond acceptors (Lipinski definition) is 5. The molecule has 0 unspecified atom stereocenters. The van der Waals surface area contributed by atoms with Crippen molar-refractivity contribution in [2.75, 3.05) is 11.2 Å². The molecule has 21 heavy (non-hydrogen) atoms. The highest BCUT2D eigenvalue weighted by Crippen LogP contribution is 2.33. The number of carboxylic acids is 1. The minimum absolute atomic E-state index is 0.270. The lowest BCUT2D eigenvalue weighted by Crippen LogP contribution is -2.42. The zero-order valence-electron chi connectivity index (χ0n) is 9.94. The van der Waals surface area contributed by atoms with Gasteiger partial charge in [0.05, 0.1) is 0 Å². The van der Waals surface area contributed by atoms with Crippen molar-refractivity contribution in [3.63, 3.8) is 0 Å². The Morgan fingerprint density at radius 1 is 1.29 bits per heavy atom. The number of nitrogens with one attached hydrogen (secondary N) is 2. The van der Waals surface area contributed by atoms with Crippen molar-refractivity contribution in [2.24, 2.45) is 5.11 Å². The molecule has 0 aliphatic rings. The van der Waals surface area contributed by atoms with Crippen molar-refractivity contribution in [3.8, 4) is 0 Å². The number of hydrogen-bond donors (Lipinski definition) is 4. The summed E-state index contributed by atoms with van der Waals surface area (Å²) in [4.78, 5) is 12.7. The first-order chi connectivity index (χ1) is 9.84.